The van der Waals surface area contributed by atoms with Gasteiger partial charge in [-0.3, -0.25) is 14.4 Å². The zero-order valence-corrected chi connectivity index (χ0v) is 54.1. The third-order valence-electron chi connectivity index (χ3n) is 15.7. The van der Waals surface area contributed by atoms with E-state index in [1.165, 1.54) is 231 Å². The van der Waals surface area contributed by atoms with Gasteiger partial charge in [-0.1, -0.05) is 351 Å². The molecule has 0 amide bonds. The molecule has 0 aromatic rings. The number of carbonyl (C=O) groups is 3. The molecular formula is C75H134O6. The molecule has 0 aromatic carbocycles. The van der Waals surface area contributed by atoms with Gasteiger partial charge in [0.25, 0.3) is 0 Å². The number of rotatable bonds is 65. The largest absolute Gasteiger partial charge is 0.462 e. The van der Waals surface area contributed by atoms with Crippen molar-refractivity contribution in [2.45, 2.75) is 374 Å². The van der Waals surface area contributed by atoms with E-state index in [9.17, 15) is 14.4 Å². The van der Waals surface area contributed by atoms with E-state index in [0.717, 1.165) is 96.3 Å². The molecule has 0 rings (SSSR count). The smallest absolute Gasteiger partial charge is 0.306 e. The molecule has 0 fully saturated rings. The minimum atomic E-state index is -0.769. The summed E-state index contributed by atoms with van der Waals surface area (Å²) >= 11 is 0. The van der Waals surface area contributed by atoms with Crippen molar-refractivity contribution < 1.29 is 28.6 Å². The third-order valence-corrected chi connectivity index (χ3v) is 15.7. The summed E-state index contributed by atoms with van der Waals surface area (Å²) in [6.45, 7) is 6.58. The fraction of sp³-hybridized carbons (Fsp3) is 0.800. The van der Waals surface area contributed by atoms with Crippen molar-refractivity contribution in [1.82, 2.24) is 0 Å². The summed E-state index contributed by atoms with van der Waals surface area (Å²) in [7, 11) is 0. The van der Waals surface area contributed by atoms with Gasteiger partial charge in [-0.2, -0.15) is 0 Å². The normalized spacial score (nSPS) is 12.5. The van der Waals surface area contributed by atoms with Gasteiger partial charge in [-0.05, 0) is 70.6 Å². The third kappa shape index (κ3) is 67.5. The predicted molar refractivity (Wildman–Crippen MR) is 353 cm³/mol. The van der Waals surface area contributed by atoms with Gasteiger partial charge < -0.3 is 14.2 Å². The Kier molecular flexibility index (Phi) is 66.6. The molecular weight excluding hydrogens is 997 g/mol. The Balaban J connectivity index is 4.10. The van der Waals surface area contributed by atoms with Crippen LogP contribution < -0.4 is 0 Å². The van der Waals surface area contributed by atoms with Crippen LogP contribution in [-0.4, -0.2) is 37.2 Å². The van der Waals surface area contributed by atoms with E-state index in [0.29, 0.717) is 19.3 Å². The van der Waals surface area contributed by atoms with Gasteiger partial charge in [-0.15, -0.1) is 0 Å². The van der Waals surface area contributed by atoms with Crippen LogP contribution in [0.15, 0.2) is 72.9 Å². The Morgan fingerprint density at radius 2 is 0.481 bits per heavy atom. The lowest BCUT2D eigenvalue weighted by Crippen LogP contribution is -2.30. The van der Waals surface area contributed by atoms with Crippen LogP contribution in [0.3, 0.4) is 0 Å². The summed E-state index contributed by atoms with van der Waals surface area (Å²) in [6.07, 6.45) is 90.8. The average molecular weight is 1130 g/mol. The summed E-state index contributed by atoms with van der Waals surface area (Å²) in [5.41, 5.74) is 0. The van der Waals surface area contributed by atoms with Gasteiger partial charge in [0.05, 0.1) is 0 Å². The van der Waals surface area contributed by atoms with Crippen LogP contribution in [-0.2, 0) is 28.6 Å². The zero-order valence-electron chi connectivity index (χ0n) is 54.1. The molecule has 0 aliphatic rings. The van der Waals surface area contributed by atoms with Gasteiger partial charge in [0.2, 0.25) is 0 Å². The first-order valence-corrected chi connectivity index (χ1v) is 35.4. The summed E-state index contributed by atoms with van der Waals surface area (Å²) in [5, 5.41) is 0. The molecule has 81 heavy (non-hydrogen) atoms. The molecule has 0 saturated heterocycles. The molecule has 1 atom stereocenters. The molecule has 0 radical (unpaired) electrons. The molecule has 6 heteroatoms. The molecule has 0 heterocycles. The van der Waals surface area contributed by atoms with Crippen LogP contribution in [0.5, 0.6) is 0 Å². The lowest BCUT2D eigenvalue weighted by atomic mass is 10.0. The number of unbranched alkanes of at least 4 members (excludes halogenated alkanes) is 42. The van der Waals surface area contributed by atoms with Crippen molar-refractivity contribution in [1.29, 1.82) is 0 Å². The maximum absolute atomic E-state index is 12.9. The zero-order chi connectivity index (χ0) is 58.5. The summed E-state index contributed by atoms with van der Waals surface area (Å²) < 4.78 is 17.0. The van der Waals surface area contributed by atoms with Gasteiger partial charge in [0, 0.05) is 19.3 Å². The Morgan fingerprint density at radius 3 is 0.753 bits per heavy atom. The maximum Gasteiger partial charge on any atom is 0.306 e. The van der Waals surface area contributed by atoms with Crippen LogP contribution >= 0.6 is 0 Å². The molecule has 0 bridgehead atoms. The average Bonchev–Trinajstić information content (AvgIpc) is 3.47. The van der Waals surface area contributed by atoms with Crippen LogP contribution in [0.25, 0.3) is 0 Å². The topological polar surface area (TPSA) is 78.9 Å². The lowest BCUT2D eigenvalue weighted by molar-refractivity contribution is -0.167. The minimum absolute atomic E-state index is 0.0671. The van der Waals surface area contributed by atoms with E-state index in [1.54, 1.807) is 0 Å². The number of ether oxygens (including phenoxy) is 3. The fourth-order valence-electron chi connectivity index (χ4n) is 10.5. The van der Waals surface area contributed by atoms with Crippen molar-refractivity contribution >= 4 is 17.9 Å². The minimum Gasteiger partial charge on any atom is -0.462 e. The molecule has 0 N–H and O–H groups in total. The van der Waals surface area contributed by atoms with E-state index < -0.39 is 6.10 Å². The quantitative estimate of drug-likeness (QED) is 0.0261. The Bertz CT molecular complexity index is 1490. The van der Waals surface area contributed by atoms with Gasteiger partial charge in [-0.25, -0.2) is 0 Å². The van der Waals surface area contributed by atoms with Crippen LogP contribution in [0.2, 0.25) is 0 Å². The number of carbonyl (C=O) groups excluding carboxylic acids is 3. The van der Waals surface area contributed by atoms with Crippen molar-refractivity contribution in [2.75, 3.05) is 13.2 Å². The second-order valence-electron chi connectivity index (χ2n) is 23.8. The number of allylic oxidation sites excluding steroid dienone is 12. The van der Waals surface area contributed by atoms with E-state index in [1.807, 2.05) is 0 Å². The van der Waals surface area contributed by atoms with Gasteiger partial charge in [0.15, 0.2) is 6.10 Å². The number of hydrogen-bond acceptors (Lipinski definition) is 6. The van der Waals surface area contributed by atoms with E-state index in [-0.39, 0.29) is 31.1 Å². The van der Waals surface area contributed by atoms with Gasteiger partial charge in [0.1, 0.15) is 13.2 Å². The summed E-state index contributed by atoms with van der Waals surface area (Å²) in [5.74, 6) is -0.842. The Labute approximate surface area is 503 Å². The van der Waals surface area contributed by atoms with Crippen LogP contribution in [0.4, 0.5) is 0 Å². The van der Waals surface area contributed by atoms with Gasteiger partial charge >= 0.3 is 17.9 Å². The predicted octanol–water partition coefficient (Wildman–Crippen LogP) is 24.4. The van der Waals surface area contributed by atoms with E-state index in [4.69, 9.17) is 14.2 Å². The number of esters is 3. The molecule has 0 aliphatic heterocycles. The second kappa shape index (κ2) is 69.3. The van der Waals surface area contributed by atoms with E-state index >= 15 is 0 Å². The lowest BCUT2D eigenvalue weighted by Gasteiger charge is -2.18. The van der Waals surface area contributed by atoms with Crippen molar-refractivity contribution in [3.05, 3.63) is 72.9 Å². The Morgan fingerprint density at radius 1 is 0.259 bits per heavy atom. The second-order valence-corrected chi connectivity index (χ2v) is 23.8. The molecule has 6 nitrogen and oxygen atoms in total. The van der Waals surface area contributed by atoms with Crippen molar-refractivity contribution in [3.63, 3.8) is 0 Å². The highest BCUT2D eigenvalue weighted by Crippen LogP contribution is 2.18. The maximum atomic E-state index is 12.9. The molecule has 470 valence electrons. The highest BCUT2D eigenvalue weighted by Gasteiger charge is 2.19. The molecule has 0 aromatic heterocycles. The highest BCUT2D eigenvalue weighted by atomic mass is 16.6. The monoisotopic (exact) mass is 1130 g/mol. The first-order valence-electron chi connectivity index (χ1n) is 35.4. The standard InChI is InChI=1S/C75H134O6/c1-4-7-10-13-16-19-22-25-27-29-30-31-32-33-34-35-36-37-38-39-40-41-42-43-44-45-46-47-49-50-53-56-59-62-65-68-74(77)80-71-72(70-79-73(76)67-64-61-58-55-52-24-21-18-15-12-9-6-3)81-75(78)69-66-63-60-57-54-51-48-28-26-23-20-17-14-11-8-5-2/h7,10,16,19,25,27,30-31,33-34,36-37,72H,4-6,8-9,11-15,17-18,20-24,26,28-29,32,35,38-71H2,1-3H3/b10-7-,19-16-,27-25-,31-30-,34-33-,37-36-. The summed E-state index contributed by atoms with van der Waals surface area (Å²) in [4.78, 5) is 38.3. The molecule has 0 saturated carbocycles. The Hall–Kier alpha value is -3.15. The van der Waals surface area contributed by atoms with E-state index in [2.05, 4.69) is 93.7 Å². The van der Waals surface area contributed by atoms with Crippen LogP contribution in [0, 0.1) is 0 Å². The highest BCUT2D eigenvalue weighted by molar-refractivity contribution is 5.71. The molecule has 0 spiro atoms. The first kappa shape index (κ1) is 77.9. The number of hydrogen-bond donors (Lipinski definition) is 0. The van der Waals surface area contributed by atoms with Crippen LogP contribution in [0.1, 0.15) is 367 Å². The van der Waals surface area contributed by atoms with Crippen molar-refractivity contribution in [3.8, 4) is 0 Å². The first-order chi connectivity index (χ1) is 40.0. The van der Waals surface area contributed by atoms with Crippen molar-refractivity contribution in [2.24, 2.45) is 0 Å². The summed E-state index contributed by atoms with van der Waals surface area (Å²) in [6, 6.07) is 0. The molecule has 0 aliphatic carbocycles. The SMILES string of the molecule is CC/C=C\C/C=C\C/C=C\C/C=C\C/C=C\C/C=C\CCCCCCCCCCCCCCCCCCC(=O)OCC(COC(=O)CCCCCCCCCCCCCC)OC(=O)CCCCCCCCCCCCCCCCCC. The fourth-order valence-corrected chi connectivity index (χ4v) is 10.5. The molecule has 1 unspecified atom stereocenters.